The molecule has 1 aromatic heterocycles. The molecule has 0 saturated carbocycles. The molecule has 1 aliphatic heterocycles. The number of aliphatic carboxylic acids is 1. The second-order valence-electron chi connectivity index (χ2n) is 5.37. The SMILES string of the molecule is CCC1CCCCN1C(=O)N[C@@H](Cc1cnc[nH]1)C(=O)O. The number of aromatic nitrogens is 2. The number of nitrogens with one attached hydrogen (secondary N) is 2. The second kappa shape index (κ2) is 7.10. The fourth-order valence-corrected chi connectivity index (χ4v) is 2.74. The van der Waals surface area contributed by atoms with Gasteiger partial charge < -0.3 is 20.3 Å². The quantitative estimate of drug-likeness (QED) is 0.764. The highest BCUT2D eigenvalue weighted by Gasteiger charge is 2.29. The molecule has 0 aromatic carbocycles. The van der Waals surface area contributed by atoms with Crippen LogP contribution in [-0.2, 0) is 11.2 Å². The van der Waals surface area contributed by atoms with Gasteiger partial charge in [0.05, 0.1) is 6.33 Å². The number of nitrogens with zero attached hydrogens (tertiary/aromatic N) is 2. The monoisotopic (exact) mass is 294 g/mol. The summed E-state index contributed by atoms with van der Waals surface area (Å²) in [6.07, 6.45) is 7.24. The molecule has 2 amide bonds. The summed E-state index contributed by atoms with van der Waals surface area (Å²) >= 11 is 0. The third-order valence-corrected chi connectivity index (χ3v) is 3.93. The number of carbonyl (C=O) groups excluding carboxylic acids is 1. The maximum absolute atomic E-state index is 12.3. The summed E-state index contributed by atoms with van der Waals surface area (Å²) in [6, 6.07) is -1.02. The zero-order valence-electron chi connectivity index (χ0n) is 12.2. The van der Waals surface area contributed by atoms with Crippen molar-refractivity contribution < 1.29 is 14.7 Å². The summed E-state index contributed by atoms with van der Waals surface area (Å²) in [5.74, 6) is -1.04. The first-order chi connectivity index (χ1) is 10.1. The number of hydrogen-bond donors (Lipinski definition) is 3. The van der Waals surface area contributed by atoms with Crippen LogP contribution in [0.3, 0.4) is 0 Å². The van der Waals surface area contributed by atoms with E-state index in [0.29, 0.717) is 12.2 Å². The first kappa shape index (κ1) is 15.3. The van der Waals surface area contributed by atoms with Gasteiger partial charge in [0.2, 0.25) is 0 Å². The summed E-state index contributed by atoms with van der Waals surface area (Å²) in [5, 5.41) is 11.9. The Morgan fingerprint density at radius 3 is 3.00 bits per heavy atom. The first-order valence-electron chi connectivity index (χ1n) is 7.39. The number of carboxylic acids is 1. The van der Waals surface area contributed by atoms with Crippen LogP contribution in [0.1, 0.15) is 38.3 Å². The minimum atomic E-state index is -1.04. The molecule has 3 N–H and O–H groups in total. The van der Waals surface area contributed by atoms with Crippen molar-refractivity contribution in [1.82, 2.24) is 20.2 Å². The highest BCUT2D eigenvalue weighted by Crippen LogP contribution is 2.19. The number of aromatic amines is 1. The van der Waals surface area contributed by atoms with Crippen LogP contribution in [-0.4, -0.2) is 50.6 Å². The van der Waals surface area contributed by atoms with Crippen molar-refractivity contribution in [1.29, 1.82) is 0 Å². The van der Waals surface area contributed by atoms with Crippen molar-refractivity contribution in [2.45, 2.75) is 51.1 Å². The minimum absolute atomic E-state index is 0.200. The maximum Gasteiger partial charge on any atom is 0.326 e. The molecule has 0 radical (unpaired) electrons. The molecular weight excluding hydrogens is 272 g/mol. The van der Waals surface area contributed by atoms with E-state index in [1.54, 1.807) is 11.1 Å². The summed E-state index contributed by atoms with van der Waals surface area (Å²) in [4.78, 5) is 32.1. The van der Waals surface area contributed by atoms with Gasteiger partial charge >= 0.3 is 12.0 Å². The van der Waals surface area contributed by atoms with Crippen molar-refractivity contribution in [2.75, 3.05) is 6.54 Å². The van der Waals surface area contributed by atoms with Crippen LogP contribution in [0.4, 0.5) is 4.79 Å². The van der Waals surface area contributed by atoms with Gasteiger partial charge in [0.25, 0.3) is 0 Å². The molecule has 116 valence electrons. The van der Waals surface area contributed by atoms with Gasteiger partial charge in [0.1, 0.15) is 6.04 Å². The van der Waals surface area contributed by atoms with Gasteiger partial charge in [-0.25, -0.2) is 14.6 Å². The number of piperidine rings is 1. The molecule has 1 aliphatic rings. The molecule has 7 nitrogen and oxygen atoms in total. The van der Waals surface area contributed by atoms with E-state index in [1.807, 2.05) is 0 Å². The molecule has 0 bridgehead atoms. The van der Waals surface area contributed by atoms with Crippen LogP contribution in [0.5, 0.6) is 0 Å². The van der Waals surface area contributed by atoms with Gasteiger partial charge in [-0.3, -0.25) is 0 Å². The molecule has 0 spiro atoms. The Hall–Kier alpha value is -2.05. The smallest absolute Gasteiger partial charge is 0.326 e. The Morgan fingerprint density at radius 2 is 2.38 bits per heavy atom. The van der Waals surface area contributed by atoms with Gasteiger partial charge in [0, 0.05) is 30.9 Å². The number of hydrogen-bond acceptors (Lipinski definition) is 3. The minimum Gasteiger partial charge on any atom is -0.480 e. The molecule has 1 unspecified atom stereocenters. The van der Waals surface area contributed by atoms with Crippen LogP contribution in [0.15, 0.2) is 12.5 Å². The van der Waals surface area contributed by atoms with E-state index in [4.69, 9.17) is 0 Å². The van der Waals surface area contributed by atoms with E-state index in [0.717, 1.165) is 25.7 Å². The predicted molar refractivity (Wildman–Crippen MR) is 76.9 cm³/mol. The first-order valence-corrected chi connectivity index (χ1v) is 7.39. The number of amides is 2. The van der Waals surface area contributed by atoms with E-state index in [1.165, 1.54) is 6.33 Å². The Morgan fingerprint density at radius 1 is 1.57 bits per heavy atom. The molecule has 2 atom stereocenters. The van der Waals surface area contributed by atoms with Crippen LogP contribution in [0.2, 0.25) is 0 Å². The van der Waals surface area contributed by atoms with E-state index in [9.17, 15) is 14.7 Å². The average molecular weight is 294 g/mol. The number of H-pyrrole nitrogens is 1. The molecule has 0 aliphatic carbocycles. The van der Waals surface area contributed by atoms with Gasteiger partial charge in [-0.05, 0) is 25.7 Å². The fraction of sp³-hybridized carbons (Fsp3) is 0.643. The number of rotatable bonds is 5. The van der Waals surface area contributed by atoms with Crippen molar-refractivity contribution >= 4 is 12.0 Å². The Bertz CT molecular complexity index is 475. The Labute approximate surface area is 123 Å². The summed E-state index contributed by atoms with van der Waals surface area (Å²) in [5.41, 5.74) is 0.688. The van der Waals surface area contributed by atoms with Gasteiger partial charge in [-0.1, -0.05) is 6.92 Å². The van der Waals surface area contributed by atoms with Gasteiger partial charge in [0.15, 0.2) is 0 Å². The standard InChI is InChI=1S/C14H22N4O3/c1-2-11-5-3-4-6-18(11)14(21)17-12(13(19)20)7-10-8-15-9-16-10/h8-9,11-12H,2-7H2,1H3,(H,15,16)(H,17,21)(H,19,20)/t11?,12-/m0/s1. The third-order valence-electron chi connectivity index (χ3n) is 3.93. The summed E-state index contributed by atoms with van der Waals surface area (Å²) in [6.45, 7) is 2.75. The number of likely N-dealkylation sites (tertiary alicyclic amines) is 1. The lowest BCUT2D eigenvalue weighted by Gasteiger charge is -2.35. The number of carboxylic acid groups (broad SMARTS) is 1. The van der Waals surface area contributed by atoms with E-state index >= 15 is 0 Å². The summed E-state index contributed by atoms with van der Waals surface area (Å²) in [7, 11) is 0. The molecule has 7 heteroatoms. The van der Waals surface area contributed by atoms with E-state index in [2.05, 4.69) is 22.2 Å². The molecule has 2 rings (SSSR count). The van der Waals surface area contributed by atoms with Crippen LogP contribution in [0.25, 0.3) is 0 Å². The molecule has 1 aromatic rings. The van der Waals surface area contributed by atoms with Gasteiger partial charge in [-0.15, -0.1) is 0 Å². The Balaban J connectivity index is 1.98. The molecular formula is C14H22N4O3. The number of imidazole rings is 1. The summed E-state index contributed by atoms with van der Waals surface area (Å²) < 4.78 is 0. The largest absolute Gasteiger partial charge is 0.480 e. The van der Waals surface area contributed by atoms with Crippen molar-refractivity contribution in [3.05, 3.63) is 18.2 Å². The zero-order valence-corrected chi connectivity index (χ0v) is 12.2. The van der Waals surface area contributed by atoms with Crippen molar-refractivity contribution in [2.24, 2.45) is 0 Å². The molecule has 1 saturated heterocycles. The maximum atomic E-state index is 12.3. The van der Waals surface area contributed by atoms with Crippen LogP contribution >= 0.6 is 0 Å². The van der Waals surface area contributed by atoms with Gasteiger partial charge in [-0.2, -0.15) is 0 Å². The Kier molecular flexibility index (Phi) is 5.19. The highest BCUT2D eigenvalue weighted by atomic mass is 16.4. The predicted octanol–water partition coefficient (Wildman–Crippen LogP) is 1.38. The lowest BCUT2D eigenvalue weighted by molar-refractivity contribution is -0.139. The number of urea groups is 1. The topological polar surface area (TPSA) is 98.3 Å². The average Bonchev–Trinajstić information content (AvgIpc) is 2.99. The third kappa shape index (κ3) is 3.96. The van der Waals surface area contributed by atoms with Crippen molar-refractivity contribution in [3.8, 4) is 0 Å². The van der Waals surface area contributed by atoms with Crippen LogP contribution in [0, 0.1) is 0 Å². The zero-order chi connectivity index (χ0) is 15.2. The number of carbonyl (C=O) groups is 2. The fourth-order valence-electron chi connectivity index (χ4n) is 2.74. The lowest BCUT2D eigenvalue weighted by Crippen LogP contribution is -2.53. The van der Waals surface area contributed by atoms with Crippen molar-refractivity contribution in [3.63, 3.8) is 0 Å². The van der Waals surface area contributed by atoms with Crippen LogP contribution < -0.4 is 5.32 Å². The normalized spacial score (nSPS) is 20.0. The second-order valence-corrected chi connectivity index (χ2v) is 5.37. The molecule has 1 fully saturated rings. The molecule has 2 heterocycles. The highest BCUT2D eigenvalue weighted by molar-refractivity contribution is 5.83. The lowest BCUT2D eigenvalue weighted by atomic mass is 10.0. The van der Waals surface area contributed by atoms with E-state index in [-0.39, 0.29) is 18.5 Å². The van der Waals surface area contributed by atoms with E-state index < -0.39 is 12.0 Å². The molecule has 21 heavy (non-hydrogen) atoms.